The Morgan fingerprint density at radius 2 is 1.85 bits per heavy atom. The molecule has 0 rings (SSSR count). The molecule has 0 aliphatic rings. The molecule has 0 amide bonds. The van der Waals surface area contributed by atoms with Crippen molar-refractivity contribution in [2.45, 2.75) is 6.92 Å². The minimum absolute atomic E-state index is 0.0113. The predicted octanol–water partition coefficient (Wildman–Crippen LogP) is 0.598. The Kier molecular flexibility index (Phi) is 6.84. The van der Waals surface area contributed by atoms with Crippen molar-refractivity contribution >= 4 is 9.84 Å². The second-order valence-electron chi connectivity index (χ2n) is 2.34. The van der Waals surface area contributed by atoms with E-state index in [0.717, 1.165) is 5.41 Å². The Balaban J connectivity index is 3.31. The van der Waals surface area contributed by atoms with Gasteiger partial charge in [-0.25, -0.2) is 8.42 Å². The van der Waals surface area contributed by atoms with E-state index in [2.05, 4.69) is 6.58 Å². The first-order chi connectivity index (χ1) is 6.12. The molecule has 0 spiro atoms. The molecule has 0 saturated carbocycles. The van der Waals surface area contributed by atoms with Crippen LogP contribution < -0.4 is 0 Å². The lowest BCUT2D eigenvalue weighted by molar-refractivity contribution is 0.0591. The monoisotopic (exact) mass is 208 g/mol. The van der Waals surface area contributed by atoms with Crippen molar-refractivity contribution in [2.75, 3.05) is 32.2 Å². The zero-order valence-corrected chi connectivity index (χ0v) is 8.68. The van der Waals surface area contributed by atoms with Crippen LogP contribution in [0.15, 0.2) is 12.0 Å². The Morgan fingerprint density at radius 1 is 1.23 bits per heavy atom. The Labute approximate surface area is 79.5 Å². The summed E-state index contributed by atoms with van der Waals surface area (Å²) in [6.45, 7) is 6.86. The van der Waals surface area contributed by atoms with E-state index in [-0.39, 0.29) is 12.4 Å². The zero-order chi connectivity index (χ0) is 10.2. The molecule has 0 bridgehead atoms. The first-order valence-corrected chi connectivity index (χ1v) is 5.84. The number of hydrogen-bond donors (Lipinski definition) is 0. The minimum Gasteiger partial charge on any atom is -0.379 e. The van der Waals surface area contributed by atoms with Crippen LogP contribution >= 0.6 is 0 Å². The predicted molar refractivity (Wildman–Crippen MR) is 51.3 cm³/mol. The Hall–Kier alpha value is -0.390. The van der Waals surface area contributed by atoms with Crippen LogP contribution in [0.25, 0.3) is 0 Å². The van der Waals surface area contributed by atoms with Crippen molar-refractivity contribution in [1.82, 2.24) is 0 Å². The van der Waals surface area contributed by atoms with Gasteiger partial charge in [0.05, 0.1) is 25.6 Å². The van der Waals surface area contributed by atoms with Gasteiger partial charge in [0.1, 0.15) is 0 Å². The van der Waals surface area contributed by atoms with Gasteiger partial charge in [-0.05, 0) is 6.92 Å². The lowest BCUT2D eigenvalue weighted by atomic mass is 10.7. The van der Waals surface area contributed by atoms with Gasteiger partial charge in [0.2, 0.25) is 0 Å². The Bertz CT molecular complexity index is 220. The van der Waals surface area contributed by atoms with Gasteiger partial charge in [-0.2, -0.15) is 0 Å². The fourth-order valence-electron chi connectivity index (χ4n) is 0.623. The third-order valence-corrected chi connectivity index (χ3v) is 2.59. The van der Waals surface area contributed by atoms with E-state index in [4.69, 9.17) is 9.47 Å². The maximum atomic E-state index is 10.9. The molecule has 0 N–H and O–H groups in total. The van der Waals surface area contributed by atoms with Crippen molar-refractivity contribution < 1.29 is 17.9 Å². The van der Waals surface area contributed by atoms with E-state index in [9.17, 15) is 8.42 Å². The van der Waals surface area contributed by atoms with Crippen molar-refractivity contribution in [3.63, 3.8) is 0 Å². The fraction of sp³-hybridized carbons (Fsp3) is 0.750. The first-order valence-electron chi connectivity index (χ1n) is 4.13. The normalized spacial score (nSPS) is 11.5. The highest BCUT2D eigenvalue weighted by molar-refractivity contribution is 7.94. The molecule has 4 nitrogen and oxygen atoms in total. The summed E-state index contributed by atoms with van der Waals surface area (Å²) < 4.78 is 31.7. The SMILES string of the molecule is C=CS(=O)(=O)CCOCCOCC. The van der Waals surface area contributed by atoms with Gasteiger partial charge in [-0.15, -0.1) is 0 Å². The lowest BCUT2D eigenvalue weighted by Gasteiger charge is -2.02. The molecule has 13 heavy (non-hydrogen) atoms. The number of hydrogen-bond acceptors (Lipinski definition) is 4. The highest BCUT2D eigenvalue weighted by atomic mass is 32.2. The average molecular weight is 208 g/mol. The molecule has 0 radical (unpaired) electrons. The summed E-state index contributed by atoms with van der Waals surface area (Å²) in [5.41, 5.74) is 0. The van der Waals surface area contributed by atoms with Crippen LogP contribution in [0.3, 0.4) is 0 Å². The second kappa shape index (κ2) is 7.06. The molecular weight excluding hydrogens is 192 g/mol. The summed E-state index contributed by atoms with van der Waals surface area (Å²) in [6.07, 6.45) is 0. The first kappa shape index (κ1) is 12.6. The van der Waals surface area contributed by atoms with Gasteiger partial charge in [-0.1, -0.05) is 6.58 Å². The molecule has 0 aromatic rings. The van der Waals surface area contributed by atoms with Crippen LogP contribution in [0.2, 0.25) is 0 Å². The van der Waals surface area contributed by atoms with E-state index in [1.807, 2.05) is 6.92 Å². The minimum atomic E-state index is -3.11. The molecule has 0 fully saturated rings. The zero-order valence-electron chi connectivity index (χ0n) is 7.86. The van der Waals surface area contributed by atoms with Crippen molar-refractivity contribution in [1.29, 1.82) is 0 Å². The molecule has 78 valence electrons. The van der Waals surface area contributed by atoms with Crippen molar-refractivity contribution in [3.8, 4) is 0 Å². The van der Waals surface area contributed by atoms with E-state index in [1.54, 1.807) is 0 Å². The molecule has 0 aromatic carbocycles. The highest BCUT2D eigenvalue weighted by Crippen LogP contribution is 1.90. The maximum absolute atomic E-state index is 10.9. The third-order valence-electron chi connectivity index (χ3n) is 1.34. The summed E-state index contributed by atoms with van der Waals surface area (Å²) in [5, 5.41) is 0.943. The quantitative estimate of drug-likeness (QED) is 0.548. The number of sulfone groups is 1. The van der Waals surface area contributed by atoms with Crippen LogP contribution in [0, 0.1) is 0 Å². The highest BCUT2D eigenvalue weighted by Gasteiger charge is 2.03. The van der Waals surface area contributed by atoms with Gasteiger partial charge < -0.3 is 9.47 Å². The summed E-state index contributed by atoms with van der Waals surface area (Å²) in [4.78, 5) is 0. The van der Waals surface area contributed by atoms with Gasteiger partial charge in [0.25, 0.3) is 0 Å². The topological polar surface area (TPSA) is 52.6 Å². The van der Waals surface area contributed by atoms with Crippen LogP contribution in [-0.4, -0.2) is 40.6 Å². The molecule has 0 aliphatic carbocycles. The average Bonchev–Trinajstić information content (AvgIpc) is 2.11. The fourth-order valence-corrected chi connectivity index (χ4v) is 1.14. The molecule has 0 saturated heterocycles. The van der Waals surface area contributed by atoms with Crippen LogP contribution in [0.5, 0.6) is 0 Å². The Morgan fingerprint density at radius 3 is 2.38 bits per heavy atom. The molecule has 0 atom stereocenters. The van der Waals surface area contributed by atoms with Crippen molar-refractivity contribution in [2.24, 2.45) is 0 Å². The second-order valence-corrected chi connectivity index (χ2v) is 4.41. The largest absolute Gasteiger partial charge is 0.379 e. The van der Waals surface area contributed by atoms with Crippen LogP contribution in [0.4, 0.5) is 0 Å². The summed E-state index contributed by atoms with van der Waals surface area (Å²) in [6, 6.07) is 0. The van der Waals surface area contributed by atoms with E-state index < -0.39 is 9.84 Å². The molecular formula is C8H16O4S. The molecule has 0 aliphatic heterocycles. The summed E-state index contributed by atoms with van der Waals surface area (Å²) in [7, 11) is -3.11. The van der Waals surface area contributed by atoms with Gasteiger partial charge in [-0.3, -0.25) is 0 Å². The lowest BCUT2D eigenvalue weighted by Crippen LogP contribution is -2.12. The molecule has 0 aromatic heterocycles. The van der Waals surface area contributed by atoms with Crippen LogP contribution in [0.1, 0.15) is 6.92 Å². The van der Waals surface area contributed by atoms with E-state index in [0.29, 0.717) is 19.8 Å². The summed E-state index contributed by atoms with van der Waals surface area (Å²) >= 11 is 0. The molecule has 5 heteroatoms. The smallest absolute Gasteiger partial charge is 0.173 e. The number of rotatable bonds is 8. The summed E-state index contributed by atoms with van der Waals surface area (Å²) in [5.74, 6) is -0.0113. The standard InChI is InChI=1S/C8H16O4S/c1-3-11-5-6-12-7-8-13(9,10)4-2/h4H,2-3,5-8H2,1H3. The third kappa shape index (κ3) is 7.95. The van der Waals surface area contributed by atoms with Crippen molar-refractivity contribution in [3.05, 3.63) is 12.0 Å². The van der Waals surface area contributed by atoms with Crippen LogP contribution in [-0.2, 0) is 19.3 Å². The molecule has 0 heterocycles. The maximum Gasteiger partial charge on any atom is 0.173 e. The number of ether oxygens (including phenoxy) is 2. The van der Waals surface area contributed by atoms with Gasteiger partial charge >= 0.3 is 0 Å². The van der Waals surface area contributed by atoms with Gasteiger partial charge in [0.15, 0.2) is 9.84 Å². The molecule has 0 unspecified atom stereocenters. The van der Waals surface area contributed by atoms with E-state index in [1.165, 1.54) is 0 Å². The van der Waals surface area contributed by atoms with E-state index >= 15 is 0 Å². The van der Waals surface area contributed by atoms with Gasteiger partial charge in [0, 0.05) is 12.0 Å².